The van der Waals surface area contributed by atoms with E-state index in [4.69, 9.17) is 9.47 Å². The van der Waals surface area contributed by atoms with Crippen LogP contribution in [0.15, 0.2) is 28.6 Å². The molecular formula is C14H16N2O2S2. The van der Waals surface area contributed by atoms with E-state index in [-0.39, 0.29) is 0 Å². The molecule has 0 aliphatic carbocycles. The number of rotatable bonds is 5. The molecule has 0 saturated heterocycles. The third-order valence-corrected chi connectivity index (χ3v) is 4.62. The zero-order valence-corrected chi connectivity index (χ0v) is 12.9. The first kappa shape index (κ1) is 13.7. The molecule has 2 heterocycles. The number of nitrogens with zero attached hydrogens (tertiary/aromatic N) is 1. The standard InChI is InChI=1S/C14H16N2O2S2/c1-19-13-7-12-11(17-3-4-18-12)6-10(13)8-15-9-14-16-2-5-20-14/h2,5-7,15H,3-4,8-9H2,1H3. The van der Waals surface area contributed by atoms with E-state index >= 15 is 0 Å². The van der Waals surface area contributed by atoms with Crippen molar-refractivity contribution in [3.05, 3.63) is 34.3 Å². The van der Waals surface area contributed by atoms with E-state index in [1.54, 1.807) is 23.1 Å². The topological polar surface area (TPSA) is 43.4 Å². The number of ether oxygens (including phenoxy) is 2. The highest BCUT2D eigenvalue weighted by Crippen LogP contribution is 2.36. The minimum atomic E-state index is 0.623. The summed E-state index contributed by atoms with van der Waals surface area (Å²) in [4.78, 5) is 5.49. The van der Waals surface area contributed by atoms with E-state index in [9.17, 15) is 0 Å². The van der Waals surface area contributed by atoms with Gasteiger partial charge < -0.3 is 14.8 Å². The number of thioether (sulfide) groups is 1. The molecule has 0 bridgehead atoms. The van der Waals surface area contributed by atoms with Crippen molar-refractivity contribution < 1.29 is 9.47 Å². The number of thiazole rings is 1. The molecule has 0 radical (unpaired) electrons. The third-order valence-electron chi connectivity index (χ3n) is 3.02. The number of aromatic nitrogens is 1. The van der Waals surface area contributed by atoms with Crippen LogP contribution in [0.5, 0.6) is 11.5 Å². The maximum absolute atomic E-state index is 5.64. The fourth-order valence-electron chi connectivity index (χ4n) is 2.08. The summed E-state index contributed by atoms with van der Waals surface area (Å²) in [7, 11) is 0. The Morgan fingerprint density at radius 3 is 2.75 bits per heavy atom. The van der Waals surface area contributed by atoms with Gasteiger partial charge in [-0.2, -0.15) is 0 Å². The highest BCUT2D eigenvalue weighted by atomic mass is 32.2. The van der Waals surface area contributed by atoms with Crippen molar-refractivity contribution in [2.45, 2.75) is 18.0 Å². The molecule has 106 valence electrons. The molecular weight excluding hydrogens is 292 g/mol. The molecule has 1 aliphatic heterocycles. The minimum absolute atomic E-state index is 0.623. The fraction of sp³-hybridized carbons (Fsp3) is 0.357. The second kappa shape index (κ2) is 6.47. The van der Waals surface area contributed by atoms with Crippen molar-refractivity contribution in [1.29, 1.82) is 0 Å². The van der Waals surface area contributed by atoms with Crippen LogP contribution in [0, 0.1) is 0 Å². The van der Waals surface area contributed by atoms with Gasteiger partial charge in [0.15, 0.2) is 11.5 Å². The summed E-state index contributed by atoms with van der Waals surface area (Å²) in [5.41, 5.74) is 1.23. The van der Waals surface area contributed by atoms with Crippen LogP contribution < -0.4 is 14.8 Å². The molecule has 1 aromatic heterocycles. The molecule has 20 heavy (non-hydrogen) atoms. The van der Waals surface area contributed by atoms with Crippen LogP contribution >= 0.6 is 23.1 Å². The quantitative estimate of drug-likeness (QED) is 0.860. The second-order valence-electron chi connectivity index (χ2n) is 4.34. The van der Waals surface area contributed by atoms with E-state index in [1.165, 1.54) is 10.5 Å². The summed E-state index contributed by atoms with van der Waals surface area (Å²) in [5.74, 6) is 1.70. The number of benzene rings is 1. The molecule has 1 aromatic carbocycles. The van der Waals surface area contributed by atoms with Crippen LogP contribution in [-0.2, 0) is 13.1 Å². The molecule has 4 nitrogen and oxygen atoms in total. The molecule has 2 aromatic rings. The predicted octanol–water partition coefficient (Wildman–Crippen LogP) is 2.93. The summed E-state index contributed by atoms with van der Waals surface area (Å²) >= 11 is 3.39. The van der Waals surface area contributed by atoms with Gasteiger partial charge in [0.05, 0.1) is 0 Å². The molecule has 3 rings (SSSR count). The predicted molar refractivity (Wildman–Crippen MR) is 81.9 cm³/mol. The van der Waals surface area contributed by atoms with Crippen LogP contribution in [0.1, 0.15) is 10.6 Å². The maximum atomic E-state index is 5.64. The van der Waals surface area contributed by atoms with Crippen molar-refractivity contribution in [3.63, 3.8) is 0 Å². The minimum Gasteiger partial charge on any atom is -0.486 e. The summed E-state index contributed by atoms with van der Waals surface area (Å²) < 4.78 is 11.3. The Labute approximate surface area is 126 Å². The SMILES string of the molecule is CSc1cc2c(cc1CNCc1nccs1)OCCO2. The van der Waals surface area contributed by atoms with Crippen molar-refractivity contribution in [2.24, 2.45) is 0 Å². The smallest absolute Gasteiger partial charge is 0.162 e. The molecule has 1 aliphatic rings. The Hall–Kier alpha value is -1.24. The number of fused-ring (bicyclic) bond motifs is 1. The molecule has 0 spiro atoms. The Kier molecular flexibility index (Phi) is 4.44. The second-order valence-corrected chi connectivity index (χ2v) is 6.16. The highest BCUT2D eigenvalue weighted by Gasteiger charge is 2.15. The molecule has 0 unspecified atom stereocenters. The first-order valence-electron chi connectivity index (χ1n) is 6.42. The normalized spacial score (nSPS) is 13.4. The van der Waals surface area contributed by atoms with Gasteiger partial charge in [0.1, 0.15) is 18.2 Å². The van der Waals surface area contributed by atoms with E-state index in [0.717, 1.165) is 29.6 Å². The third kappa shape index (κ3) is 3.08. The summed E-state index contributed by atoms with van der Waals surface area (Å²) in [6, 6.07) is 4.15. The van der Waals surface area contributed by atoms with E-state index < -0.39 is 0 Å². The molecule has 0 atom stereocenters. The van der Waals surface area contributed by atoms with Crippen molar-refractivity contribution >= 4 is 23.1 Å². The van der Waals surface area contributed by atoms with Gasteiger partial charge in [-0.25, -0.2) is 4.98 Å². The van der Waals surface area contributed by atoms with E-state index in [0.29, 0.717) is 13.2 Å². The Morgan fingerprint density at radius 1 is 1.25 bits per heavy atom. The average Bonchev–Trinajstić information content (AvgIpc) is 3.00. The van der Waals surface area contributed by atoms with Crippen molar-refractivity contribution in [1.82, 2.24) is 10.3 Å². The highest BCUT2D eigenvalue weighted by molar-refractivity contribution is 7.98. The number of nitrogens with one attached hydrogen (secondary N) is 1. The fourth-order valence-corrected chi connectivity index (χ4v) is 3.29. The van der Waals surface area contributed by atoms with E-state index in [1.807, 2.05) is 11.6 Å². The van der Waals surface area contributed by atoms with Gasteiger partial charge in [0.25, 0.3) is 0 Å². The van der Waals surface area contributed by atoms with E-state index in [2.05, 4.69) is 28.7 Å². The average molecular weight is 308 g/mol. The van der Waals surface area contributed by atoms with Gasteiger partial charge in [-0.15, -0.1) is 23.1 Å². The lowest BCUT2D eigenvalue weighted by molar-refractivity contribution is 0.171. The number of hydrogen-bond acceptors (Lipinski definition) is 6. The van der Waals surface area contributed by atoms with Gasteiger partial charge in [0.2, 0.25) is 0 Å². The zero-order chi connectivity index (χ0) is 13.8. The monoisotopic (exact) mass is 308 g/mol. The Morgan fingerprint density at radius 2 is 2.05 bits per heavy atom. The number of hydrogen-bond donors (Lipinski definition) is 1. The van der Waals surface area contributed by atoms with Crippen LogP contribution in [0.2, 0.25) is 0 Å². The van der Waals surface area contributed by atoms with Crippen molar-refractivity contribution in [3.8, 4) is 11.5 Å². The zero-order valence-electron chi connectivity index (χ0n) is 11.2. The molecule has 6 heteroatoms. The summed E-state index contributed by atoms with van der Waals surface area (Å²) in [5, 5.41) is 6.52. The van der Waals surface area contributed by atoms with Crippen LogP contribution in [0.25, 0.3) is 0 Å². The van der Waals surface area contributed by atoms with Crippen LogP contribution in [0.4, 0.5) is 0 Å². The first-order valence-corrected chi connectivity index (χ1v) is 8.53. The molecule has 0 fully saturated rings. The van der Waals surface area contributed by atoms with Gasteiger partial charge in [-0.1, -0.05) is 0 Å². The summed E-state index contributed by atoms with van der Waals surface area (Å²) in [6.45, 7) is 2.84. The lowest BCUT2D eigenvalue weighted by Gasteiger charge is -2.20. The van der Waals surface area contributed by atoms with Crippen LogP contribution in [-0.4, -0.2) is 24.5 Å². The largest absolute Gasteiger partial charge is 0.486 e. The Balaban J connectivity index is 1.71. The maximum Gasteiger partial charge on any atom is 0.162 e. The van der Waals surface area contributed by atoms with Gasteiger partial charge in [-0.3, -0.25) is 0 Å². The lowest BCUT2D eigenvalue weighted by atomic mass is 10.2. The van der Waals surface area contributed by atoms with Gasteiger partial charge in [0, 0.05) is 29.6 Å². The Bertz CT molecular complexity index is 573. The lowest BCUT2D eigenvalue weighted by Crippen LogP contribution is -2.17. The molecule has 1 N–H and O–H groups in total. The molecule has 0 saturated carbocycles. The first-order chi connectivity index (χ1) is 9.86. The van der Waals surface area contributed by atoms with Gasteiger partial charge in [-0.05, 0) is 24.0 Å². The molecule has 0 amide bonds. The van der Waals surface area contributed by atoms with Crippen molar-refractivity contribution in [2.75, 3.05) is 19.5 Å². The van der Waals surface area contributed by atoms with Gasteiger partial charge >= 0.3 is 0 Å². The van der Waals surface area contributed by atoms with Crippen LogP contribution in [0.3, 0.4) is 0 Å². The summed E-state index contributed by atoms with van der Waals surface area (Å²) in [6.07, 6.45) is 3.91.